The van der Waals surface area contributed by atoms with Gasteiger partial charge < -0.3 is 10.5 Å². The highest BCUT2D eigenvalue weighted by Gasteiger charge is 2.27. The standard InChI is InChI=1S/C16H13BrFN5O2S/c1-8-9(6-19)4-10(8)7-26-16-14(22-25-23-16)15(21-24)20-11-2-3-13(18)12(17)5-11/h2-3,5,10,24H,4,7H2,1H3,(H,20,21). The van der Waals surface area contributed by atoms with Crippen LogP contribution in [0, 0.1) is 23.1 Å². The molecule has 2 N–H and O–H groups in total. The number of allylic oxidation sites excluding steroid dienone is 2. The SMILES string of the molecule is CC1=C(C#N)CC1CSc1nonc1/C(=N/O)Nc1ccc(F)c(Br)c1. The molecule has 1 aromatic heterocycles. The molecule has 0 saturated carbocycles. The number of amidine groups is 1. The Morgan fingerprint density at radius 3 is 3.04 bits per heavy atom. The second-order valence-corrected chi connectivity index (χ2v) is 7.47. The minimum absolute atomic E-state index is 0.0332. The van der Waals surface area contributed by atoms with Crippen molar-refractivity contribution in [3.8, 4) is 6.07 Å². The van der Waals surface area contributed by atoms with Crippen LogP contribution in [-0.4, -0.2) is 27.1 Å². The van der Waals surface area contributed by atoms with E-state index in [1.807, 2.05) is 6.92 Å². The molecule has 1 heterocycles. The molecule has 0 amide bonds. The molecule has 0 aliphatic heterocycles. The summed E-state index contributed by atoms with van der Waals surface area (Å²) in [5.41, 5.74) is 2.67. The van der Waals surface area contributed by atoms with Crippen LogP contribution in [0.5, 0.6) is 0 Å². The summed E-state index contributed by atoms with van der Waals surface area (Å²) in [5.74, 6) is 0.637. The van der Waals surface area contributed by atoms with Crippen molar-refractivity contribution in [2.75, 3.05) is 11.1 Å². The highest BCUT2D eigenvalue weighted by atomic mass is 79.9. The van der Waals surface area contributed by atoms with E-state index in [9.17, 15) is 9.60 Å². The molecule has 1 aliphatic carbocycles. The van der Waals surface area contributed by atoms with E-state index in [4.69, 9.17) is 9.89 Å². The average molecular weight is 438 g/mol. The van der Waals surface area contributed by atoms with Gasteiger partial charge in [0.15, 0.2) is 10.7 Å². The van der Waals surface area contributed by atoms with E-state index in [0.717, 1.165) is 17.6 Å². The van der Waals surface area contributed by atoms with Crippen molar-refractivity contribution < 1.29 is 14.2 Å². The van der Waals surface area contributed by atoms with Gasteiger partial charge in [-0.15, -0.1) is 0 Å². The number of hydrogen-bond donors (Lipinski definition) is 2. The molecular formula is C16H13BrFN5O2S. The van der Waals surface area contributed by atoms with Gasteiger partial charge in [-0.1, -0.05) is 22.5 Å². The van der Waals surface area contributed by atoms with Crippen molar-refractivity contribution in [3.63, 3.8) is 0 Å². The normalized spacial score (nSPS) is 17.0. The first kappa shape index (κ1) is 18.4. The Labute approximate surface area is 161 Å². The molecule has 0 radical (unpaired) electrons. The van der Waals surface area contributed by atoms with Gasteiger partial charge in [-0.2, -0.15) is 5.26 Å². The zero-order valence-corrected chi connectivity index (χ0v) is 15.9. The molecule has 26 heavy (non-hydrogen) atoms. The third-order valence-electron chi connectivity index (χ3n) is 4.06. The first-order valence-electron chi connectivity index (χ1n) is 7.53. The Morgan fingerprint density at radius 2 is 2.38 bits per heavy atom. The zero-order valence-electron chi connectivity index (χ0n) is 13.5. The van der Waals surface area contributed by atoms with Gasteiger partial charge in [0.2, 0.25) is 5.84 Å². The van der Waals surface area contributed by atoms with Crippen molar-refractivity contribution in [1.82, 2.24) is 10.3 Å². The molecule has 0 spiro atoms. The minimum atomic E-state index is -0.405. The molecule has 1 aliphatic rings. The van der Waals surface area contributed by atoms with Crippen molar-refractivity contribution in [1.29, 1.82) is 5.26 Å². The van der Waals surface area contributed by atoms with Crippen LogP contribution in [-0.2, 0) is 0 Å². The van der Waals surface area contributed by atoms with Gasteiger partial charge in [0.05, 0.1) is 10.5 Å². The van der Waals surface area contributed by atoms with Gasteiger partial charge in [-0.3, -0.25) is 0 Å². The van der Waals surface area contributed by atoms with Crippen molar-refractivity contribution in [2.45, 2.75) is 18.4 Å². The molecule has 1 unspecified atom stereocenters. The molecule has 3 rings (SSSR count). The van der Waals surface area contributed by atoms with Crippen molar-refractivity contribution in [3.05, 3.63) is 45.3 Å². The monoisotopic (exact) mass is 437 g/mol. The Morgan fingerprint density at radius 1 is 1.58 bits per heavy atom. The third kappa shape index (κ3) is 3.73. The number of nitrogens with zero attached hydrogens (tertiary/aromatic N) is 4. The lowest BCUT2D eigenvalue weighted by Gasteiger charge is -2.27. The number of thioether (sulfide) groups is 1. The highest BCUT2D eigenvalue weighted by Crippen LogP contribution is 2.37. The van der Waals surface area contributed by atoms with Gasteiger partial charge in [0.25, 0.3) is 0 Å². The second kappa shape index (κ2) is 7.88. The number of nitriles is 1. The molecule has 1 atom stereocenters. The van der Waals surface area contributed by atoms with Gasteiger partial charge >= 0.3 is 0 Å². The van der Waals surface area contributed by atoms with Gasteiger partial charge in [-0.05, 0) is 63.7 Å². The number of anilines is 1. The number of aromatic nitrogens is 2. The molecule has 0 saturated heterocycles. The summed E-state index contributed by atoms with van der Waals surface area (Å²) in [5, 5.41) is 32.4. The first-order chi connectivity index (χ1) is 12.5. The highest BCUT2D eigenvalue weighted by molar-refractivity contribution is 9.10. The molecule has 0 fully saturated rings. The zero-order chi connectivity index (χ0) is 18.7. The predicted octanol–water partition coefficient (Wildman–Crippen LogP) is 4.17. The maximum Gasteiger partial charge on any atom is 0.202 e. The fraction of sp³-hybridized carbons (Fsp3) is 0.250. The molecule has 10 heteroatoms. The molecule has 0 bridgehead atoms. The maximum absolute atomic E-state index is 13.3. The van der Waals surface area contributed by atoms with E-state index < -0.39 is 5.82 Å². The third-order valence-corrected chi connectivity index (χ3v) is 5.78. The predicted molar refractivity (Wildman–Crippen MR) is 97.5 cm³/mol. The first-order valence-corrected chi connectivity index (χ1v) is 9.31. The van der Waals surface area contributed by atoms with E-state index in [2.05, 4.69) is 42.8 Å². The van der Waals surface area contributed by atoms with Crippen LogP contribution in [0.2, 0.25) is 0 Å². The molecular weight excluding hydrogens is 425 g/mol. The maximum atomic E-state index is 13.3. The summed E-state index contributed by atoms with van der Waals surface area (Å²) in [7, 11) is 0. The summed E-state index contributed by atoms with van der Waals surface area (Å²) in [6, 6.07) is 6.46. The van der Waals surface area contributed by atoms with Crippen LogP contribution in [0.1, 0.15) is 19.0 Å². The number of hydrogen-bond acceptors (Lipinski definition) is 7. The molecule has 1 aromatic carbocycles. The van der Waals surface area contributed by atoms with Gasteiger partial charge in [0, 0.05) is 17.0 Å². The van der Waals surface area contributed by atoms with E-state index >= 15 is 0 Å². The minimum Gasteiger partial charge on any atom is -0.409 e. The lowest BCUT2D eigenvalue weighted by molar-refractivity contribution is 0.297. The summed E-state index contributed by atoms with van der Waals surface area (Å²) >= 11 is 4.50. The van der Waals surface area contributed by atoms with E-state index in [1.165, 1.54) is 30.0 Å². The van der Waals surface area contributed by atoms with Crippen LogP contribution < -0.4 is 5.32 Å². The molecule has 7 nitrogen and oxygen atoms in total. The lowest BCUT2D eigenvalue weighted by atomic mass is 9.80. The summed E-state index contributed by atoms with van der Waals surface area (Å²) in [4.78, 5) is 0. The Balaban J connectivity index is 1.71. The number of oxime groups is 1. The summed E-state index contributed by atoms with van der Waals surface area (Å²) < 4.78 is 18.4. The van der Waals surface area contributed by atoms with Crippen LogP contribution in [0.15, 0.2) is 48.6 Å². The lowest BCUT2D eigenvalue weighted by Crippen LogP contribution is -2.19. The van der Waals surface area contributed by atoms with Gasteiger partial charge in [0.1, 0.15) is 5.82 Å². The van der Waals surface area contributed by atoms with Crippen LogP contribution >= 0.6 is 27.7 Å². The van der Waals surface area contributed by atoms with E-state index in [1.54, 1.807) is 0 Å². The van der Waals surface area contributed by atoms with Crippen molar-refractivity contribution >= 4 is 39.2 Å². The van der Waals surface area contributed by atoms with Crippen molar-refractivity contribution in [2.24, 2.45) is 11.1 Å². The number of nitrogens with one attached hydrogen (secondary N) is 1. The summed E-state index contributed by atoms with van der Waals surface area (Å²) in [6.45, 7) is 1.95. The summed E-state index contributed by atoms with van der Waals surface area (Å²) in [6.07, 6.45) is 0.749. The van der Waals surface area contributed by atoms with Crippen LogP contribution in [0.3, 0.4) is 0 Å². The van der Waals surface area contributed by atoms with Crippen LogP contribution in [0.25, 0.3) is 0 Å². The average Bonchev–Trinajstić information content (AvgIpc) is 3.10. The second-order valence-electron chi connectivity index (χ2n) is 5.61. The van der Waals surface area contributed by atoms with E-state index in [0.29, 0.717) is 22.4 Å². The fourth-order valence-electron chi connectivity index (χ4n) is 2.44. The Bertz CT molecular complexity index is 937. The smallest absolute Gasteiger partial charge is 0.202 e. The largest absolute Gasteiger partial charge is 0.409 e. The number of halogens is 2. The topological polar surface area (TPSA) is 107 Å². The molecule has 134 valence electrons. The number of rotatable bonds is 5. The Hall–Kier alpha value is -2.38. The molecule has 2 aromatic rings. The van der Waals surface area contributed by atoms with E-state index in [-0.39, 0.29) is 16.0 Å². The van der Waals surface area contributed by atoms with Gasteiger partial charge in [-0.25, -0.2) is 9.02 Å². The number of benzene rings is 1. The van der Waals surface area contributed by atoms with Crippen LogP contribution in [0.4, 0.5) is 10.1 Å². The fourth-order valence-corrected chi connectivity index (χ4v) is 3.90. The Kier molecular flexibility index (Phi) is 5.58. The quantitative estimate of drug-likeness (QED) is 0.237.